The van der Waals surface area contributed by atoms with E-state index >= 15 is 0 Å². The fourth-order valence-electron chi connectivity index (χ4n) is 2.27. The van der Waals surface area contributed by atoms with Crippen LogP contribution in [0.1, 0.15) is 19.3 Å². The average molecular weight is 498 g/mol. The van der Waals surface area contributed by atoms with Gasteiger partial charge in [-0.05, 0) is 6.42 Å². The van der Waals surface area contributed by atoms with Crippen molar-refractivity contribution in [1.82, 2.24) is 5.32 Å². The molecule has 2 N–H and O–H groups in total. The van der Waals surface area contributed by atoms with Gasteiger partial charge in [0.25, 0.3) is 0 Å². The third-order valence-corrected chi connectivity index (χ3v) is 4.02. The lowest BCUT2D eigenvalue weighted by Crippen LogP contribution is -2.25. The number of methoxy groups -OCH3 is 1. The topological polar surface area (TPSA) is 140 Å². The van der Waals surface area contributed by atoms with Crippen molar-refractivity contribution in [2.75, 3.05) is 113 Å². The molecule has 0 saturated heterocycles. The summed E-state index contributed by atoms with van der Waals surface area (Å²) in [6.45, 7) is 8.13. The minimum atomic E-state index is -0.979. The molecule has 0 heterocycles. The normalized spacial score (nSPS) is 11.1. The molecule has 0 fully saturated rings. The fraction of sp³-hybridized carbons (Fsp3) is 0.909. The molecular weight excluding hydrogens is 454 g/mol. The SMILES string of the molecule is COCCOCCOCCOCCOCCOCCOCCOCCCNC(=O)CCC(=O)O. The van der Waals surface area contributed by atoms with Crippen molar-refractivity contribution in [2.45, 2.75) is 19.3 Å². The van der Waals surface area contributed by atoms with E-state index in [1.54, 1.807) is 7.11 Å². The van der Waals surface area contributed by atoms with E-state index in [9.17, 15) is 9.59 Å². The quantitative estimate of drug-likeness (QED) is 0.142. The maximum atomic E-state index is 11.3. The van der Waals surface area contributed by atoms with E-state index in [4.69, 9.17) is 43.0 Å². The summed E-state index contributed by atoms with van der Waals surface area (Å²) in [5.74, 6) is -1.24. The van der Waals surface area contributed by atoms with Crippen LogP contribution < -0.4 is 5.32 Å². The number of nitrogens with one attached hydrogen (secondary N) is 1. The van der Waals surface area contributed by atoms with E-state index in [0.29, 0.717) is 112 Å². The first kappa shape index (κ1) is 32.6. The van der Waals surface area contributed by atoms with Crippen LogP contribution in [0.3, 0.4) is 0 Å². The van der Waals surface area contributed by atoms with Crippen LogP contribution in [0.5, 0.6) is 0 Å². The second kappa shape index (κ2) is 27.9. The number of hydrogen-bond donors (Lipinski definition) is 2. The van der Waals surface area contributed by atoms with Crippen molar-refractivity contribution in [3.8, 4) is 0 Å². The molecule has 202 valence electrons. The van der Waals surface area contributed by atoms with Crippen LogP contribution in [0.15, 0.2) is 0 Å². The third-order valence-electron chi connectivity index (χ3n) is 4.02. The molecular formula is C22H43NO11. The number of amides is 1. The van der Waals surface area contributed by atoms with Crippen LogP contribution in [-0.2, 0) is 47.5 Å². The van der Waals surface area contributed by atoms with Crippen molar-refractivity contribution in [3.63, 3.8) is 0 Å². The van der Waals surface area contributed by atoms with E-state index in [-0.39, 0.29) is 18.7 Å². The molecule has 0 bridgehead atoms. The zero-order valence-corrected chi connectivity index (χ0v) is 20.5. The van der Waals surface area contributed by atoms with Crippen LogP contribution in [0.4, 0.5) is 0 Å². The number of carboxylic acids is 1. The molecule has 0 spiro atoms. The largest absolute Gasteiger partial charge is 0.481 e. The van der Waals surface area contributed by atoms with Gasteiger partial charge in [0.2, 0.25) is 5.91 Å². The van der Waals surface area contributed by atoms with Gasteiger partial charge in [-0.3, -0.25) is 9.59 Å². The van der Waals surface area contributed by atoms with Gasteiger partial charge in [-0.15, -0.1) is 0 Å². The highest BCUT2D eigenvalue weighted by Gasteiger charge is 2.04. The molecule has 0 aliphatic carbocycles. The molecule has 0 rings (SSSR count). The molecule has 0 radical (unpaired) electrons. The Morgan fingerprint density at radius 1 is 0.559 bits per heavy atom. The highest BCUT2D eigenvalue weighted by Crippen LogP contribution is 1.90. The summed E-state index contributed by atoms with van der Waals surface area (Å²) >= 11 is 0. The molecule has 0 aliphatic rings. The van der Waals surface area contributed by atoms with Crippen LogP contribution in [0, 0.1) is 0 Å². The van der Waals surface area contributed by atoms with Crippen molar-refractivity contribution in [3.05, 3.63) is 0 Å². The summed E-state index contributed by atoms with van der Waals surface area (Å²) in [6, 6.07) is 0. The molecule has 0 aromatic carbocycles. The van der Waals surface area contributed by atoms with Crippen molar-refractivity contribution >= 4 is 11.9 Å². The summed E-state index contributed by atoms with van der Waals surface area (Å²) in [6.07, 6.45) is 0.498. The molecule has 0 saturated carbocycles. The monoisotopic (exact) mass is 497 g/mol. The molecule has 0 aromatic heterocycles. The van der Waals surface area contributed by atoms with E-state index < -0.39 is 5.97 Å². The second-order valence-electron chi connectivity index (χ2n) is 6.88. The third kappa shape index (κ3) is 28.7. The maximum Gasteiger partial charge on any atom is 0.303 e. The van der Waals surface area contributed by atoms with Crippen LogP contribution in [0.25, 0.3) is 0 Å². The van der Waals surface area contributed by atoms with Crippen molar-refractivity contribution in [1.29, 1.82) is 0 Å². The van der Waals surface area contributed by atoms with Gasteiger partial charge in [-0.2, -0.15) is 0 Å². The molecule has 0 unspecified atom stereocenters. The molecule has 34 heavy (non-hydrogen) atoms. The number of ether oxygens (including phenoxy) is 8. The first-order valence-electron chi connectivity index (χ1n) is 11.7. The van der Waals surface area contributed by atoms with Crippen LogP contribution in [0.2, 0.25) is 0 Å². The predicted octanol–water partition coefficient (Wildman–Crippen LogP) is 0.120. The van der Waals surface area contributed by atoms with E-state index in [0.717, 1.165) is 0 Å². The highest BCUT2D eigenvalue weighted by molar-refractivity contribution is 5.80. The Balaban J connectivity index is 3.08. The van der Waals surface area contributed by atoms with Gasteiger partial charge in [0.1, 0.15) is 0 Å². The Morgan fingerprint density at radius 3 is 1.26 bits per heavy atom. The molecule has 12 nitrogen and oxygen atoms in total. The number of carbonyl (C=O) groups excluding carboxylic acids is 1. The minimum Gasteiger partial charge on any atom is -0.481 e. The minimum absolute atomic E-state index is 0.00389. The summed E-state index contributed by atoms with van der Waals surface area (Å²) in [5.41, 5.74) is 0. The highest BCUT2D eigenvalue weighted by atomic mass is 16.6. The maximum absolute atomic E-state index is 11.3. The Labute approximate surface area is 202 Å². The summed E-state index contributed by atoms with van der Waals surface area (Å²) in [7, 11) is 1.64. The first-order valence-corrected chi connectivity index (χ1v) is 11.7. The lowest BCUT2D eigenvalue weighted by atomic mass is 10.3. The van der Waals surface area contributed by atoms with Gasteiger partial charge in [-0.1, -0.05) is 0 Å². The summed E-state index contributed by atoms with van der Waals surface area (Å²) in [4.78, 5) is 21.7. The standard InChI is InChI=1S/C22H43NO11/c1-27-7-8-29-11-12-31-15-16-33-19-20-34-18-17-32-14-13-30-10-9-28-6-2-5-23-21(24)3-4-22(25)26/h2-20H2,1H3,(H,23,24)(H,25,26). The smallest absolute Gasteiger partial charge is 0.303 e. The number of carboxylic acid groups (broad SMARTS) is 1. The number of hydrogen-bond acceptors (Lipinski definition) is 10. The number of rotatable bonds is 28. The summed E-state index contributed by atoms with van der Waals surface area (Å²) < 4.78 is 42.5. The molecule has 0 aromatic rings. The lowest BCUT2D eigenvalue weighted by Gasteiger charge is -2.08. The molecule has 1 amide bonds. The van der Waals surface area contributed by atoms with Gasteiger partial charge < -0.3 is 48.3 Å². The Morgan fingerprint density at radius 2 is 0.912 bits per heavy atom. The lowest BCUT2D eigenvalue weighted by molar-refractivity contribution is -0.138. The first-order chi connectivity index (χ1) is 16.7. The Hall–Kier alpha value is -1.38. The summed E-state index contributed by atoms with van der Waals surface area (Å²) in [5, 5.41) is 11.1. The van der Waals surface area contributed by atoms with Gasteiger partial charge >= 0.3 is 5.97 Å². The van der Waals surface area contributed by atoms with Gasteiger partial charge in [0.15, 0.2) is 0 Å². The number of aliphatic carboxylic acids is 1. The Bertz CT molecular complexity index is 455. The van der Waals surface area contributed by atoms with E-state index in [2.05, 4.69) is 5.32 Å². The Kier molecular flexibility index (Phi) is 26.7. The predicted molar refractivity (Wildman–Crippen MR) is 122 cm³/mol. The van der Waals surface area contributed by atoms with E-state index in [1.165, 1.54) is 0 Å². The van der Waals surface area contributed by atoms with Gasteiger partial charge in [-0.25, -0.2) is 0 Å². The molecule has 0 atom stereocenters. The van der Waals surface area contributed by atoms with E-state index in [1.807, 2.05) is 0 Å². The van der Waals surface area contributed by atoms with Crippen molar-refractivity contribution < 1.29 is 52.6 Å². The van der Waals surface area contributed by atoms with Crippen molar-refractivity contribution in [2.24, 2.45) is 0 Å². The van der Waals surface area contributed by atoms with Crippen LogP contribution >= 0.6 is 0 Å². The number of carbonyl (C=O) groups is 2. The van der Waals surface area contributed by atoms with Gasteiger partial charge in [0, 0.05) is 26.7 Å². The molecule has 0 aliphatic heterocycles. The zero-order chi connectivity index (χ0) is 25.0. The average Bonchev–Trinajstić information content (AvgIpc) is 2.82. The second-order valence-corrected chi connectivity index (χ2v) is 6.88. The van der Waals surface area contributed by atoms with Crippen LogP contribution in [-0.4, -0.2) is 130 Å². The fourth-order valence-corrected chi connectivity index (χ4v) is 2.27. The van der Waals surface area contributed by atoms with Gasteiger partial charge in [0.05, 0.1) is 98.9 Å². The zero-order valence-electron chi connectivity index (χ0n) is 20.5. The molecule has 12 heteroatoms.